The number of para-hydroxylation sites is 1. The van der Waals surface area contributed by atoms with Crippen LogP contribution in [0.3, 0.4) is 0 Å². The number of nitro groups is 1. The van der Waals surface area contributed by atoms with Crippen LogP contribution >= 0.6 is 23.2 Å². The molecule has 0 fully saturated rings. The molecule has 24 heavy (non-hydrogen) atoms. The van der Waals surface area contributed by atoms with E-state index in [1.165, 1.54) is 6.07 Å². The van der Waals surface area contributed by atoms with Crippen LogP contribution in [0.1, 0.15) is 29.5 Å². The number of rotatable bonds is 2. The SMILES string of the molecule is O=[N+]([O-])c1cccc2c1N[C@H](c1ccc(Cl)c(Cl)c1)[C@@H]1CC=C[C@H]21. The molecule has 0 aromatic heterocycles. The minimum Gasteiger partial charge on any atom is -0.372 e. The predicted molar refractivity (Wildman–Crippen MR) is 95.9 cm³/mol. The van der Waals surface area contributed by atoms with Crippen LogP contribution in [0.2, 0.25) is 10.0 Å². The molecule has 1 N–H and O–H groups in total. The smallest absolute Gasteiger partial charge is 0.292 e. The third-order valence-electron chi connectivity index (χ3n) is 4.87. The first-order chi connectivity index (χ1) is 11.6. The van der Waals surface area contributed by atoms with Gasteiger partial charge in [0.05, 0.1) is 21.0 Å². The maximum absolute atomic E-state index is 11.4. The lowest BCUT2D eigenvalue weighted by molar-refractivity contribution is -0.384. The minimum absolute atomic E-state index is 0.0478. The van der Waals surface area contributed by atoms with E-state index in [0.29, 0.717) is 21.7 Å². The molecule has 4 nitrogen and oxygen atoms in total. The largest absolute Gasteiger partial charge is 0.372 e. The normalized spacial score (nSPS) is 24.2. The number of fused-ring (bicyclic) bond motifs is 3. The highest BCUT2D eigenvalue weighted by Crippen LogP contribution is 2.52. The number of hydrogen-bond acceptors (Lipinski definition) is 3. The average Bonchev–Trinajstić information content (AvgIpc) is 3.06. The Bertz CT molecular complexity index is 866. The van der Waals surface area contributed by atoms with E-state index in [1.54, 1.807) is 12.1 Å². The van der Waals surface area contributed by atoms with Gasteiger partial charge in [0, 0.05) is 12.0 Å². The summed E-state index contributed by atoms with van der Waals surface area (Å²) in [6.45, 7) is 0. The molecule has 6 heteroatoms. The third kappa shape index (κ3) is 2.38. The quantitative estimate of drug-likeness (QED) is 0.422. The molecule has 0 radical (unpaired) electrons. The third-order valence-corrected chi connectivity index (χ3v) is 5.61. The summed E-state index contributed by atoms with van der Waals surface area (Å²) in [7, 11) is 0. The molecular formula is C18H14Cl2N2O2. The molecule has 0 bridgehead atoms. The van der Waals surface area contributed by atoms with Gasteiger partial charge in [0.2, 0.25) is 0 Å². The standard InChI is InChI=1S/C18H14Cl2N2O2/c19-14-8-7-10(9-15(14)20)17-12-4-1-3-11(12)13-5-2-6-16(22(23)24)18(13)21-17/h1-3,5-9,11-12,17,21H,4H2/t11-,12+,17+/m0/s1. The van der Waals surface area contributed by atoms with Crippen LogP contribution in [0.4, 0.5) is 11.4 Å². The molecule has 3 atom stereocenters. The number of allylic oxidation sites excluding steroid dienone is 2. The lowest BCUT2D eigenvalue weighted by Gasteiger charge is -2.37. The molecule has 0 amide bonds. The Morgan fingerprint density at radius 3 is 2.75 bits per heavy atom. The van der Waals surface area contributed by atoms with Crippen molar-refractivity contribution in [3.05, 3.63) is 79.8 Å². The van der Waals surface area contributed by atoms with Crippen LogP contribution in [0.15, 0.2) is 48.6 Å². The highest BCUT2D eigenvalue weighted by atomic mass is 35.5. The van der Waals surface area contributed by atoms with Crippen LogP contribution in [0.5, 0.6) is 0 Å². The number of nitrogens with zero attached hydrogens (tertiary/aromatic N) is 1. The van der Waals surface area contributed by atoms with Crippen molar-refractivity contribution in [3.63, 3.8) is 0 Å². The lowest BCUT2D eigenvalue weighted by atomic mass is 9.77. The number of anilines is 1. The molecule has 4 rings (SSSR count). The fourth-order valence-electron chi connectivity index (χ4n) is 3.79. The Morgan fingerprint density at radius 1 is 1.17 bits per heavy atom. The Hall–Kier alpha value is -2.04. The molecule has 0 saturated carbocycles. The summed E-state index contributed by atoms with van der Waals surface area (Å²) in [5.74, 6) is 0.470. The molecule has 0 unspecified atom stereocenters. The maximum Gasteiger partial charge on any atom is 0.292 e. The number of nitrogens with one attached hydrogen (secondary N) is 1. The van der Waals surface area contributed by atoms with Crippen molar-refractivity contribution >= 4 is 34.6 Å². The predicted octanol–water partition coefficient (Wildman–Crippen LogP) is 5.73. The summed E-state index contributed by atoms with van der Waals surface area (Å²) < 4.78 is 0. The van der Waals surface area contributed by atoms with Gasteiger partial charge in [-0.25, -0.2) is 0 Å². The zero-order valence-corrected chi connectivity index (χ0v) is 14.1. The van der Waals surface area contributed by atoms with Crippen LogP contribution in [-0.2, 0) is 0 Å². The second-order valence-corrected chi connectivity index (χ2v) is 6.96. The van der Waals surface area contributed by atoms with E-state index >= 15 is 0 Å². The van der Waals surface area contributed by atoms with Gasteiger partial charge >= 0.3 is 0 Å². The summed E-state index contributed by atoms with van der Waals surface area (Å²) >= 11 is 12.2. The van der Waals surface area contributed by atoms with Crippen molar-refractivity contribution in [1.29, 1.82) is 0 Å². The van der Waals surface area contributed by atoms with Gasteiger partial charge in [-0.05, 0) is 35.6 Å². The van der Waals surface area contributed by atoms with E-state index < -0.39 is 0 Å². The first-order valence-electron chi connectivity index (χ1n) is 7.71. The highest BCUT2D eigenvalue weighted by molar-refractivity contribution is 6.42. The van der Waals surface area contributed by atoms with E-state index in [2.05, 4.69) is 17.5 Å². The van der Waals surface area contributed by atoms with Crippen molar-refractivity contribution in [2.45, 2.75) is 18.4 Å². The zero-order chi connectivity index (χ0) is 16.8. The lowest BCUT2D eigenvalue weighted by Crippen LogP contribution is -2.29. The van der Waals surface area contributed by atoms with Crippen molar-refractivity contribution in [2.24, 2.45) is 5.92 Å². The Morgan fingerprint density at radius 2 is 2.00 bits per heavy atom. The fraction of sp³-hybridized carbons (Fsp3) is 0.222. The first kappa shape index (κ1) is 15.5. The second-order valence-electron chi connectivity index (χ2n) is 6.15. The summed E-state index contributed by atoms with van der Waals surface area (Å²) in [5.41, 5.74) is 2.69. The summed E-state index contributed by atoms with van der Waals surface area (Å²) in [5, 5.41) is 15.8. The maximum atomic E-state index is 11.4. The van der Waals surface area contributed by atoms with E-state index in [4.69, 9.17) is 23.2 Å². The molecular weight excluding hydrogens is 347 g/mol. The van der Waals surface area contributed by atoms with Gasteiger partial charge < -0.3 is 5.32 Å². The molecule has 1 heterocycles. The van der Waals surface area contributed by atoms with E-state index in [9.17, 15) is 10.1 Å². The Labute approximate surface area is 149 Å². The van der Waals surface area contributed by atoms with Crippen molar-refractivity contribution < 1.29 is 4.92 Å². The average molecular weight is 361 g/mol. The highest BCUT2D eigenvalue weighted by Gasteiger charge is 2.40. The van der Waals surface area contributed by atoms with E-state index in [0.717, 1.165) is 17.5 Å². The summed E-state index contributed by atoms with van der Waals surface area (Å²) in [6, 6.07) is 10.8. The van der Waals surface area contributed by atoms with Gasteiger partial charge in [-0.15, -0.1) is 0 Å². The van der Waals surface area contributed by atoms with Crippen LogP contribution in [-0.4, -0.2) is 4.92 Å². The van der Waals surface area contributed by atoms with E-state index in [1.807, 2.05) is 18.2 Å². The Balaban J connectivity index is 1.84. The van der Waals surface area contributed by atoms with Crippen LogP contribution < -0.4 is 5.32 Å². The molecule has 2 aliphatic rings. The zero-order valence-electron chi connectivity index (χ0n) is 12.6. The number of hydrogen-bond donors (Lipinski definition) is 1. The van der Waals surface area contributed by atoms with Crippen molar-refractivity contribution in [2.75, 3.05) is 5.32 Å². The molecule has 2 aromatic carbocycles. The Kier molecular flexibility index (Phi) is 3.74. The van der Waals surface area contributed by atoms with Crippen molar-refractivity contribution in [3.8, 4) is 0 Å². The van der Waals surface area contributed by atoms with Crippen LogP contribution in [0, 0.1) is 16.0 Å². The van der Waals surface area contributed by atoms with Gasteiger partial charge in [0.25, 0.3) is 5.69 Å². The molecule has 2 aromatic rings. The van der Waals surface area contributed by atoms with Crippen molar-refractivity contribution in [1.82, 2.24) is 0 Å². The molecule has 1 aliphatic heterocycles. The fourth-order valence-corrected chi connectivity index (χ4v) is 4.10. The van der Waals surface area contributed by atoms with Gasteiger partial charge in [-0.3, -0.25) is 10.1 Å². The molecule has 0 saturated heterocycles. The monoisotopic (exact) mass is 360 g/mol. The molecule has 0 spiro atoms. The molecule has 122 valence electrons. The van der Waals surface area contributed by atoms with Gasteiger partial charge in [-0.1, -0.05) is 53.6 Å². The second kappa shape index (κ2) is 5.80. The first-order valence-corrected chi connectivity index (χ1v) is 8.47. The van der Waals surface area contributed by atoms with E-state index in [-0.39, 0.29) is 22.6 Å². The minimum atomic E-state index is -0.337. The number of halogens is 2. The molecule has 1 aliphatic carbocycles. The van der Waals surface area contributed by atoms with Gasteiger partial charge in [0.1, 0.15) is 5.69 Å². The number of benzene rings is 2. The topological polar surface area (TPSA) is 55.2 Å². The summed E-state index contributed by atoms with van der Waals surface area (Å²) in [6.07, 6.45) is 5.22. The van der Waals surface area contributed by atoms with Gasteiger partial charge in [-0.2, -0.15) is 0 Å². The van der Waals surface area contributed by atoms with Crippen LogP contribution in [0.25, 0.3) is 0 Å². The number of nitro benzene ring substituents is 1. The van der Waals surface area contributed by atoms with Gasteiger partial charge in [0.15, 0.2) is 0 Å². The summed E-state index contributed by atoms with van der Waals surface area (Å²) in [4.78, 5) is 11.1.